The lowest BCUT2D eigenvalue weighted by molar-refractivity contribution is 0.298. The summed E-state index contributed by atoms with van der Waals surface area (Å²) in [5.41, 5.74) is 6.53. The van der Waals surface area contributed by atoms with Gasteiger partial charge in [0.2, 0.25) is 0 Å². The molecule has 1 aliphatic heterocycles. The molecule has 15 heavy (non-hydrogen) atoms. The molecule has 6 heteroatoms. The maximum Gasteiger partial charge on any atom is 0.292 e. The second kappa shape index (κ2) is 6.50. The molecule has 4 nitrogen and oxygen atoms in total. The molecule has 88 valence electrons. The summed E-state index contributed by atoms with van der Waals surface area (Å²) >= 11 is 0. The van der Waals surface area contributed by atoms with Crippen molar-refractivity contribution in [3.63, 3.8) is 0 Å². The minimum absolute atomic E-state index is 0. The van der Waals surface area contributed by atoms with E-state index in [0.29, 0.717) is 6.01 Å². The monoisotopic (exact) mass is 341 g/mol. The van der Waals surface area contributed by atoms with Crippen molar-refractivity contribution in [3.05, 3.63) is 11.5 Å². The van der Waals surface area contributed by atoms with E-state index in [0.717, 1.165) is 43.9 Å². The molecule has 0 aliphatic carbocycles. The van der Waals surface area contributed by atoms with E-state index in [1.54, 1.807) is 0 Å². The molecule has 0 fully saturated rings. The number of halogens is 2. The lowest BCUT2D eigenvalue weighted by Gasteiger charge is -2.15. The fourth-order valence-electron chi connectivity index (χ4n) is 1.75. The minimum Gasteiger partial charge on any atom is -0.429 e. The molecule has 2 N–H and O–H groups in total. The molecule has 0 unspecified atom stereocenters. The highest BCUT2D eigenvalue weighted by molar-refractivity contribution is 8.93. The van der Waals surface area contributed by atoms with Crippen LogP contribution >= 0.6 is 34.0 Å². The zero-order chi connectivity index (χ0) is 9.26. The van der Waals surface area contributed by atoms with Gasteiger partial charge in [0.15, 0.2) is 0 Å². The topological polar surface area (TPSA) is 55.3 Å². The zero-order valence-corrected chi connectivity index (χ0v) is 12.2. The Labute approximate surface area is 111 Å². The van der Waals surface area contributed by atoms with Gasteiger partial charge in [-0.2, -0.15) is 4.98 Å². The van der Waals surface area contributed by atoms with Crippen LogP contribution in [0.2, 0.25) is 0 Å². The molecule has 0 aromatic carbocycles. The molecule has 0 atom stereocenters. The zero-order valence-electron chi connectivity index (χ0n) is 8.73. The van der Waals surface area contributed by atoms with Crippen LogP contribution < -0.4 is 5.73 Å². The smallest absolute Gasteiger partial charge is 0.292 e. The summed E-state index contributed by atoms with van der Waals surface area (Å²) in [7, 11) is 0. The van der Waals surface area contributed by atoms with Gasteiger partial charge in [-0.15, -0.1) is 34.0 Å². The highest BCUT2D eigenvalue weighted by Gasteiger charge is 2.17. The second-order valence-electron chi connectivity index (χ2n) is 3.36. The summed E-state index contributed by atoms with van der Waals surface area (Å²) < 4.78 is 5.32. The molecule has 0 spiro atoms. The van der Waals surface area contributed by atoms with E-state index in [4.69, 9.17) is 10.2 Å². The SMILES string of the molecule is Br.Br.CCN1CCc2nc(N)oc2CC1. The molecular formula is C9H17Br2N3O. The van der Waals surface area contributed by atoms with Crippen molar-refractivity contribution >= 4 is 40.0 Å². The Hall–Kier alpha value is -0.0700. The van der Waals surface area contributed by atoms with E-state index in [2.05, 4.69) is 16.8 Å². The van der Waals surface area contributed by atoms with Crippen molar-refractivity contribution in [1.29, 1.82) is 0 Å². The van der Waals surface area contributed by atoms with E-state index < -0.39 is 0 Å². The number of fused-ring (bicyclic) bond motifs is 1. The molecule has 2 rings (SSSR count). The van der Waals surface area contributed by atoms with Crippen LogP contribution in [0.5, 0.6) is 0 Å². The van der Waals surface area contributed by atoms with Crippen LogP contribution in [-0.2, 0) is 12.8 Å². The van der Waals surface area contributed by atoms with Crippen LogP contribution in [0.1, 0.15) is 18.4 Å². The van der Waals surface area contributed by atoms with Gasteiger partial charge >= 0.3 is 0 Å². The number of nitrogen functional groups attached to an aromatic ring is 1. The van der Waals surface area contributed by atoms with Crippen molar-refractivity contribution in [2.24, 2.45) is 0 Å². The van der Waals surface area contributed by atoms with E-state index in [9.17, 15) is 0 Å². The van der Waals surface area contributed by atoms with Gasteiger partial charge in [0.25, 0.3) is 6.01 Å². The first kappa shape index (κ1) is 14.9. The van der Waals surface area contributed by atoms with Crippen molar-refractivity contribution in [1.82, 2.24) is 9.88 Å². The summed E-state index contributed by atoms with van der Waals surface area (Å²) in [5, 5.41) is 0. The number of nitrogens with zero attached hydrogens (tertiary/aromatic N) is 2. The molecule has 0 bridgehead atoms. The van der Waals surface area contributed by atoms with Gasteiger partial charge < -0.3 is 15.1 Å². The average Bonchev–Trinajstić information content (AvgIpc) is 2.37. The van der Waals surface area contributed by atoms with E-state index in [1.807, 2.05) is 0 Å². The van der Waals surface area contributed by atoms with E-state index >= 15 is 0 Å². The highest BCUT2D eigenvalue weighted by atomic mass is 79.9. The van der Waals surface area contributed by atoms with Gasteiger partial charge in [-0.05, 0) is 6.54 Å². The number of likely N-dealkylation sites (N-methyl/N-ethyl adjacent to an activating group) is 1. The summed E-state index contributed by atoms with van der Waals surface area (Å²) in [4.78, 5) is 6.56. The van der Waals surface area contributed by atoms with E-state index in [1.165, 1.54) is 0 Å². The molecule has 1 aromatic heterocycles. The average molecular weight is 343 g/mol. The number of rotatable bonds is 1. The van der Waals surface area contributed by atoms with Crippen LogP contribution in [0, 0.1) is 0 Å². The number of aromatic nitrogens is 1. The predicted molar refractivity (Wildman–Crippen MR) is 71.1 cm³/mol. The van der Waals surface area contributed by atoms with Crippen LogP contribution in [0.4, 0.5) is 6.01 Å². The summed E-state index contributed by atoms with van der Waals surface area (Å²) in [5.74, 6) is 0.980. The largest absolute Gasteiger partial charge is 0.429 e. The number of anilines is 1. The van der Waals surface area contributed by atoms with Crippen LogP contribution in [0.3, 0.4) is 0 Å². The molecule has 1 aromatic rings. The third-order valence-corrected chi connectivity index (χ3v) is 2.56. The predicted octanol–water partition coefficient (Wildman–Crippen LogP) is 1.83. The molecule has 0 amide bonds. The van der Waals surface area contributed by atoms with Crippen LogP contribution in [-0.4, -0.2) is 29.5 Å². The summed E-state index contributed by atoms with van der Waals surface area (Å²) in [6, 6.07) is 0.315. The molecule has 0 saturated carbocycles. The molecular weight excluding hydrogens is 326 g/mol. The van der Waals surface area contributed by atoms with Gasteiger partial charge in [0, 0.05) is 25.9 Å². The molecule has 1 aliphatic rings. The van der Waals surface area contributed by atoms with Gasteiger partial charge in [-0.3, -0.25) is 0 Å². The van der Waals surface area contributed by atoms with Crippen molar-refractivity contribution in [2.75, 3.05) is 25.4 Å². The number of oxazole rings is 1. The normalized spacial score (nSPS) is 15.8. The highest BCUT2D eigenvalue weighted by Crippen LogP contribution is 2.17. The third kappa shape index (κ3) is 3.46. The molecule has 0 radical (unpaired) electrons. The Morgan fingerprint density at radius 1 is 1.33 bits per heavy atom. The fourth-order valence-corrected chi connectivity index (χ4v) is 1.75. The fraction of sp³-hybridized carbons (Fsp3) is 0.667. The third-order valence-electron chi connectivity index (χ3n) is 2.56. The number of hydrogen-bond acceptors (Lipinski definition) is 4. The molecule has 2 heterocycles. The maximum atomic E-state index is 5.49. The van der Waals surface area contributed by atoms with E-state index in [-0.39, 0.29) is 34.0 Å². The Morgan fingerprint density at radius 2 is 2.00 bits per heavy atom. The van der Waals surface area contributed by atoms with Gasteiger partial charge in [-0.25, -0.2) is 0 Å². The Morgan fingerprint density at radius 3 is 2.67 bits per heavy atom. The van der Waals surface area contributed by atoms with Gasteiger partial charge in [0.05, 0.1) is 5.69 Å². The Kier molecular flexibility index (Phi) is 6.47. The van der Waals surface area contributed by atoms with Gasteiger partial charge in [0.1, 0.15) is 5.76 Å². The van der Waals surface area contributed by atoms with Crippen LogP contribution in [0.25, 0.3) is 0 Å². The van der Waals surface area contributed by atoms with Crippen molar-refractivity contribution < 1.29 is 4.42 Å². The first-order valence-electron chi connectivity index (χ1n) is 4.76. The first-order chi connectivity index (χ1) is 6.29. The van der Waals surface area contributed by atoms with Crippen LogP contribution in [0.15, 0.2) is 4.42 Å². The first-order valence-corrected chi connectivity index (χ1v) is 4.76. The maximum absolute atomic E-state index is 5.49. The van der Waals surface area contributed by atoms with Gasteiger partial charge in [-0.1, -0.05) is 6.92 Å². The number of hydrogen-bond donors (Lipinski definition) is 1. The minimum atomic E-state index is 0. The quantitative estimate of drug-likeness (QED) is 0.846. The standard InChI is InChI=1S/C9H15N3O.2BrH/c1-2-12-5-3-7-8(4-6-12)13-9(10)11-7;;/h2-6H2,1H3,(H2,10,11);2*1H. The van der Waals surface area contributed by atoms with Crippen molar-refractivity contribution in [3.8, 4) is 0 Å². The Bertz CT molecular complexity index is 278. The second-order valence-corrected chi connectivity index (χ2v) is 3.36. The lowest BCUT2D eigenvalue weighted by atomic mass is 10.2. The molecule has 0 saturated heterocycles. The van der Waals surface area contributed by atoms with Crippen molar-refractivity contribution in [2.45, 2.75) is 19.8 Å². The summed E-state index contributed by atoms with van der Waals surface area (Å²) in [6.45, 7) is 5.39. The number of nitrogens with two attached hydrogens (primary N) is 1. The lowest BCUT2D eigenvalue weighted by Crippen LogP contribution is -2.25. The summed E-state index contributed by atoms with van der Waals surface area (Å²) in [6.07, 6.45) is 1.90. The Balaban J connectivity index is 0.000000980.